The average Bonchev–Trinajstić information content (AvgIpc) is 2.78. The molecule has 0 amide bonds. The number of likely N-dealkylation sites (N-methyl/N-ethyl adjacent to an activating group) is 1. The summed E-state index contributed by atoms with van der Waals surface area (Å²) in [6.45, 7) is 0.298. The minimum absolute atomic E-state index is 0.170. The van der Waals surface area contributed by atoms with Crippen LogP contribution in [0.25, 0.3) is 0 Å². The highest BCUT2D eigenvalue weighted by atomic mass is 79.9. The van der Waals surface area contributed by atoms with Crippen molar-refractivity contribution in [2.75, 3.05) is 18.5 Å². The maximum Gasteiger partial charge on any atom is 0.295 e. The topological polar surface area (TPSA) is 66.6 Å². The number of nitro benzene ring substituents is 1. The third kappa shape index (κ3) is 3.09. The van der Waals surface area contributed by atoms with E-state index in [-0.39, 0.29) is 10.2 Å². The quantitative estimate of drug-likeness (QED) is 0.671. The van der Waals surface area contributed by atoms with Crippen LogP contribution in [0.2, 0.25) is 0 Å². The van der Waals surface area contributed by atoms with E-state index < -0.39 is 16.3 Å². The first-order valence-corrected chi connectivity index (χ1v) is 7.19. The Morgan fingerprint density at radius 2 is 2.10 bits per heavy atom. The zero-order valence-corrected chi connectivity index (χ0v) is 12.7. The maximum atomic E-state index is 13.4. The summed E-state index contributed by atoms with van der Waals surface area (Å²) < 4.78 is 13.6. The number of anilines is 1. The third-order valence-electron chi connectivity index (χ3n) is 3.69. The molecule has 7 heteroatoms. The van der Waals surface area contributed by atoms with Crippen LogP contribution in [-0.2, 0) is 0 Å². The van der Waals surface area contributed by atoms with Crippen molar-refractivity contribution in [3.05, 3.63) is 32.5 Å². The van der Waals surface area contributed by atoms with Gasteiger partial charge in [-0.3, -0.25) is 10.1 Å². The Labute approximate surface area is 124 Å². The number of hydrogen-bond acceptors (Lipinski definition) is 4. The number of hydrogen-bond donors (Lipinski definition) is 1. The second-order valence-corrected chi connectivity index (χ2v) is 6.15. The molecule has 1 fully saturated rings. The SMILES string of the molecule is CN(CC1(O)CCCC1)c1cc(Br)c(F)cc1[N+](=O)[O-]. The molecule has 0 bridgehead atoms. The van der Waals surface area contributed by atoms with E-state index in [0.717, 1.165) is 18.9 Å². The summed E-state index contributed by atoms with van der Waals surface area (Å²) >= 11 is 3.04. The first-order chi connectivity index (χ1) is 9.32. The second-order valence-electron chi connectivity index (χ2n) is 5.30. The molecule has 0 aromatic heterocycles. The lowest BCUT2D eigenvalue weighted by Gasteiger charge is -2.29. The standard InChI is InChI=1S/C13H16BrFN2O3/c1-16(8-13(18)4-2-3-5-13)11-6-9(14)10(15)7-12(11)17(19)20/h6-7,18H,2-5,8H2,1H3. The zero-order chi connectivity index (χ0) is 14.9. The van der Waals surface area contributed by atoms with Gasteiger partial charge in [0.05, 0.1) is 21.1 Å². The zero-order valence-electron chi connectivity index (χ0n) is 11.1. The van der Waals surface area contributed by atoms with Crippen molar-refractivity contribution < 1.29 is 14.4 Å². The van der Waals surface area contributed by atoms with E-state index in [1.165, 1.54) is 6.07 Å². The smallest absolute Gasteiger partial charge is 0.295 e. The van der Waals surface area contributed by atoms with Gasteiger partial charge in [0.2, 0.25) is 0 Å². The lowest BCUT2D eigenvalue weighted by Crippen LogP contribution is -2.39. The Balaban J connectivity index is 2.31. The summed E-state index contributed by atoms with van der Waals surface area (Å²) in [6, 6.07) is 2.28. The minimum Gasteiger partial charge on any atom is -0.388 e. The van der Waals surface area contributed by atoms with Gasteiger partial charge in [0.1, 0.15) is 11.5 Å². The molecular weight excluding hydrogens is 331 g/mol. The number of benzene rings is 1. The molecule has 1 aromatic rings. The molecule has 1 saturated carbocycles. The molecule has 0 radical (unpaired) electrons. The number of nitrogens with zero attached hydrogens (tertiary/aromatic N) is 2. The van der Waals surface area contributed by atoms with Gasteiger partial charge in [-0.1, -0.05) is 12.8 Å². The van der Waals surface area contributed by atoms with Gasteiger partial charge in [0, 0.05) is 13.6 Å². The van der Waals surface area contributed by atoms with E-state index in [9.17, 15) is 19.6 Å². The molecule has 0 unspecified atom stereocenters. The molecule has 0 heterocycles. The average molecular weight is 347 g/mol. The molecule has 0 atom stereocenters. The Morgan fingerprint density at radius 1 is 1.50 bits per heavy atom. The normalized spacial score (nSPS) is 17.2. The monoisotopic (exact) mass is 346 g/mol. The fourth-order valence-electron chi connectivity index (χ4n) is 2.70. The molecule has 0 aliphatic heterocycles. The van der Waals surface area contributed by atoms with Crippen LogP contribution in [0.15, 0.2) is 16.6 Å². The molecule has 2 rings (SSSR count). The van der Waals surface area contributed by atoms with Crippen molar-refractivity contribution >= 4 is 27.3 Å². The molecule has 1 N–H and O–H groups in total. The highest BCUT2D eigenvalue weighted by Crippen LogP contribution is 2.36. The van der Waals surface area contributed by atoms with Gasteiger partial charge in [-0.05, 0) is 34.8 Å². The van der Waals surface area contributed by atoms with Crippen LogP contribution in [0.1, 0.15) is 25.7 Å². The molecular formula is C13H16BrFN2O3. The van der Waals surface area contributed by atoms with Gasteiger partial charge in [0.15, 0.2) is 0 Å². The minimum atomic E-state index is -0.816. The number of halogens is 2. The molecule has 1 aliphatic carbocycles. The fourth-order valence-corrected chi connectivity index (χ4v) is 3.03. The first-order valence-electron chi connectivity index (χ1n) is 6.39. The summed E-state index contributed by atoms with van der Waals surface area (Å²) in [5.41, 5.74) is -0.817. The van der Waals surface area contributed by atoms with E-state index >= 15 is 0 Å². The van der Waals surface area contributed by atoms with Crippen LogP contribution in [0.4, 0.5) is 15.8 Å². The van der Waals surface area contributed by atoms with Crippen LogP contribution in [0, 0.1) is 15.9 Å². The molecule has 5 nitrogen and oxygen atoms in total. The Kier molecular flexibility index (Phi) is 4.29. The van der Waals surface area contributed by atoms with Gasteiger partial charge in [0.25, 0.3) is 5.69 Å². The van der Waals surface area contributed by atoms with E-state index in [4.69, 9.17) is 0 Å². The van der Waals surface area contributed by atoms with Crippen molar-refractivity contribution in [2.45, 2.75) is 31.3 Å². The summed E-state index contributed by atoms with van der Waals surface area (Å²) in [4.78, 5) is 12.0. The van der Waals surface area contributed by atoms with Crippen molar-refractivity contribution in [1.82, 2.24) is 0 Å². The second kappa shape index (κ2) is 5.65. The Morgan fingerprint density at radius 3 is 2.65 bits per heavy atom. The van der Waals surface area contributed by atoms with Crippen molar-refractivity contribution in [3.63, 3.8) is 0 Å². The predicted molar refractivity (Wildman–Crippen MR) is 77.4 cm³/mol. The van der Waals surface area contributed by atoms with Gasteiger partial charge in [-0.2, -0.15) is 0 Å². The van der Waals surface area contributed by atoms with Crippen LogP contribution in [0.3, 0.4) is 0 Å². The van der Waals surface area contributed by atoms with E-state index in [1.54, 1.807) is 11.9 Å². The maximum absolute atomic E-state index is 13.4. The van der Waals surface area contributed by atoms with E-state index in [2.05, 4.69) is 15.9 Å². The molecule has 1 aromatic carbocycles. The molecule has 1 aliphatic rings. The summed E-state index contributed by atoms with van der Waals surface area (Å²) in [5.74, 6) is -0.673. The van der Waals surface area contributed by atoms with Crippen molar-refractivity contribution in [3.8, 4) is 0 Å². The highest BCUT2D eigenvalue weighted by molar-refractivity contribution is 9.10. The molecule has 0 saturated heterocycles. The van der Waals surface area contributed by atoms with Crippen molar-refractivity contribution in [2.24, 2.45) is 0 Å². The van der Waals surface area contributed by atoms with E-state index in [1.807, 2.05) is 0 Å². The van der Waals surface area contributed by atoms with E-state index in [0.29, 0.717) is 25.1 Å². The fraction of sp³-hybridized carbons (Fsp3) is 0.538. The van der Waals surface area contributed by atoms with Gasteiger partial charge in [-0.15, -0.1) is 0 Å². The van der Waals surface area contributed by atoms with Crippen LogP contribution in [-0.4, -0.2) is 29.2 Å². The lowest BCUT2D eigenvalue weighted by atomic mass is 10.0. The summed E-state index contributed by atoms with van der Waals surface area (Å²) in [6.07, 6.45) is 3.29. The van der Waals surface area contributed by atoms with Crippen LogP contribution >= 0.6 is 15.9 Å². The van der Waals surface area contributed by atoms with Crippen LogP contribution < -0.4 is 4.90 Å². The summed E-state index contributed by atoms with van der Waals surface area (Å²) in [5, 5.41) is 21.4. The first kappa shape index (κ1) is 15.2. The highest BCUT2D eigenvalue weighted by Gasteiger charge is 2.33. The number of aliphatic hydroxyl groups is 1. The number of nitro groups is 1. The van der Waals surface area contributed by atoms with Gasteiger partial charge >= 0.3 is 0 Å². The molecule has 0 spiro atoms. The van der Waals surface area contributed by atoms with Gasteiger partial charge in [-0.25, -0.2) is 4.39 Å². The third-order valence-corrected chi connectivity index (χ3v) is 4.30. The summed E-state index contributed by atoms with van der Waals surface area (Å²) in [7, 11) is 1.67. The predicted octanol–water partition coefficient (Wildman–Crippen LogP) is 3.24. The lowest BCUT2D eigenvalue weighted by molar-refractivity contribution is -0.384. The Bertz CT molecular complexity index is 533. The van der Waals surface area contributed by atoms with Crippen molar-refractivity contribution in [1.29, 1.82) is 0 Å². The van der Waals surface area contributed by atoms with Gasteiger partial charge < -0.3 is 10.0 Å². The van der Waals surface area contributed by atoms with Crippen LogP contribution in [0.5, 0.6) is 0 Å². The number of rotatable bonds is 4. The largest absolute Gasteiger partial charge is 0.388 e. The molecule has 110 valence electrons. The Hall–Kier alpha value is -1.21. The molecule has 20 heavy (non-hydrogen) atoms.